The minimum Gasteiger partial charge on any atom is -0.416 e. The highest BCUT2D eigenvalue weighted by Gasteiger charge is 2.42. The minimum atomic E-state index is -1.92. The number of rotatable bonds is 6. The van der Waals surface area contributed by atoms with E-state index in [2.05, 4.69) is 98.7 Å². The van der Waals surface area contributed by atoms with E-state index < -0.39 is 8.32 Å². The topological polar surface area (TPSA) is 86.1 Å². The Balaban J connectivity index is 1.43. The average molecular weight is 541 g/mol. The molecular formula is C31H40N6OSi. The van der Waals surface area contributed by atoms with Crippen LogP contribution in [0.3, 0.4) is 0 Å². The maximum absolute atomic E-state index is 10.0. The highest BCUT2D eigenvalue weighted by Crippen LogP contribution is 2.44. The third kappa shape index (κ3) is 5.44. The van der Waals surface area contributed by atoms with Gasteiger partial charge in [-0.05, 0) is 78.6 Å². The molecule has 3 aromatic rings. The summed E-state index contributed by atoms with van der Waals surface area (Å²) >= 11 is 0. The average Bonchev–Trinajstić information content (AvgIpc) is 3.23. The maximum atomic E-state index is 10.0. The van der Waals surface area contributed by atoms with Gasteiger partial charge in [0.1, 0.15) is 6.07 Å². The molecule has 0 saturated carbocycles. The van der Waals surface area contributed by atoms with Crippen LogP contribution in [-0.2, 0) is 22.8 Å². The SMILES string of the molecule is CN1CCc2cc(Nc3nccc(-c4cc(C#N)c5c(c4)[C@@](C)(CO[Si](C)(C)C(C)(C)C)CN5)n3)ccc2C1. The zero-order valence-electron chi connectivity index (χ0n) is 24.3. The predicted octanol–water partition coefficient (Wildman–Crippen LogP) is 6.45. The largest absolute Gasteiger partial charge is 0.416 e. The summed E-state index contributed by atoms with van der Waals surface area (Å²) < 4.78 is 6.67. The number of benzene rings is 2. The molecule has 8 heteroatoms. The van der Waals surface area contributed by atoms with Crippen LogP contribution in [0.1, 0.15) is 49.9 Å². The van der Waals surface area contributed by atoms with E-state index in [0.29, 0.717) is 18.1 Å². The number of hydrogen-bond donors (Lipinski definition) is 2. The Bertz CT molecular complexity index is 1440. The molecule has 7 nitrogen and oxygen atoms in total. The Labute approximate surface area is 233 Å². The lowest BCUT2D eigenvalue weighted by molar-refractivity contribution is 0.220. The molecular weight excluding hydrogens is 500 g/mol. The summed E-state index contributed by atoms with van der Waals surface area (Å²) in [6, 6.07) is 14.9. The smallest absolute Gasteiger partial charge is 0.227 e. The van der Waals surface area contributed by atoms with Crippen molar-refractivity contribution >= 4 is 25.6 Å². The number of nitrogens with one attached hydrogen (secondary N) is 2. The Morgan fingerprint density at radius 2 is 1.97 bits per heavy atom. The summed E-state index contributed by atoms with van der Waals surface area (Å²) in [4.78, 5) is 11.7. The molecule has 0 radical (unpaired) electrons. The molecule has 2 aromatic carbocycles. The molecule has 5 rings (SSSR count). The summed E-state index contributed by atoms with van der Waals surface area (Å²) in [6.45, 7) is 17.0. The number of nitriles is 1. The molecule has 2 aliphatic heterocycles. The van der Waals surface area contributed by atoms with Gasteiger partial charge in [-0.25, -0.2) is 9.97 Å². The van der Waals surface area contributed by atoms with Gasteiger partial charge in [-0.3, -0.25) is 0 Å². The maximum Gasteiger partial charge on any atom is 0.227 e. The molecule has 0 bridgehead atoms. The summed E-state index contributed by atoms with van der Waals surface area (Å²) in [5, 5.41) is 17.0. The first kappa shape index (κ1) is 27.3. The van der Waals surface area contributed by atoms with Gasteiger partial charge in [0.15, 0.2) is 8.32 Å². The van der Waals surface area contributed by atoms with E-state index in [1.165, 1.54) is 11.1 Å². The second-order valence-electron chi connectivity index (χ2n) is 12.9. The molecule has 0 amide bonds. The third-order valence-corrected chi connectivity index (χ3v) is 13.2. The lowest BCUT2D eigenvalue weighted by Crippen LogP contribution is -2.45. The normalized spacial score (nSPS) is 19.1. The van der Waals surface area contributed by atoms with Crippen LogP contribution in [0.15, 0.2) is 42.6 Å². The van der Waals surface area contributed by atoms with Crippen LogP contribution < -0.4 is 10.6 Å². The van der Waals surface area contributed by atoms with E-state index in [-0.39, 0.29) is 10.5 Å². The Kier molecular flexibility index (Phi) is 7.04. The van der Waals surface area contributed by atoms with Crippen molar-refractivity contribution in [2.45, 2.75) is 64.2 Å². The van der Waals surface area contributed by atoms with Gasteiger partial charge in [0.2, 0.25) is 5.95 Å². The number of fused-ring (bicyclic) bond motifs is 2. The first-order chi connectivity index (χ1) is 18.4. The Morgan fingerprint density at radius 1 is 1.18 bits per heavy atom. The van der Waals surface area contributed by atoms with E-state index in [1.807, 2.05) is 12.1 Å². The van der Waals surface area contributed by atoms with Crippen LogP contribution in [-0.4, -0.2) is 49.9 Å². The Hall–Kier alpha value is -3.25. The molecule has 2 aliphatic rings. The van der Waals surface area contributed by atoms with Gasteiger partial charge in [-0.1, -0.05) is 33.8 Å². The van der Waals surface area contributed by atoms with Crippen LogP contribution in [0.25, 0.3) is 11.3 Å². The molecule has 0 fully saturated rings. The van der Waals surface area contributed by atoms with Gasteiger partial charge in [-0.15, -0.1) is 0 Å². The first-order valence-corrected chi connectivity index (χ1v) is 16.7. The fourth-order valence-corrected chi connectivity index (χ4v) is 6.20. The highest BCUT2D eigenvalue weighted by atomic mass is 28.4. The Morgan fingerprint density at radius 3 is 2.72 bits per heavy atom. The van der Waals surface area contributed by atoms with Crippen molar-refractivity contribution in [2.24, 2.45) is 0 Å². The lowest BCUT2D eigenvalue weighted by Gasteiger charge is -2.39. The van der Waals surface area contributed by atoms with E-state index in [0.717, 1.165) is 54.3 Å². The molecule has 0 unspecified atom stereocenters. The van der Waals surface area contributed by atoms with Crippen LogP contribution in [0.2, 0.25) is 18.1 Å². The number of likely N-dealkylation sites (N-methyl/N-ethyl adjacent to an activating group) is 1. The monoisotopic (exact) mass is 540 g/mol. The van der Waals surface area contributed by atoms with Crippen molar-refractivity contribution in [3.63, 3.8) is 0 Å². The number of nitrogens with zero attached hydrogens (tertiary/aromatic N) is 4. The summed E-state index contributed by atoms with van der Waals surface area (Å²) in [5.74, 6) is 0.543. The van der Waals surface area contributed by atoms with Gasteiger partial charge in [-0.2, -0.15) is 5.26 Å². The molecule has 0 spiro atoms. The van der Waals surface area contributed by atoms with E-state index in [1.54, 1.807) is 6.20 Å². The van der Waals surface area contributed by atoms with Crippen molar-refractivity contribution in [1.29, 1.82) is 5.26 Å². The standard InChI is InChI=1S/C31H40N6OSi/c1-30(2,3)39(6,7)38-20-31(4)19-34-28-24(17-32)14-23(16-26(28)31)27-10-12-33-29(36-27)35-25-9-8-22-18-37(5)13-11-21(22)15-25/h8-10,12,14-16,34H,11,13,18-20H2,1-7H3,(H,33,35,36)/t31-/m1/s1. The fraction of sp³-hybridized carbons (Fsp3) is 0.452. The van der Waals surface area contributed by atoms with Crippen LogP contribution in [0.5, 0.6) is 0 Å². The zero-order chi connectivity index (χ0) is 28.0. The van der Waals surface area contributed by atoms with Crippen molar-refractivity contribution in [2.75, 3.05) is 37.4 Å². The van der Waals surface area contributed by atoms with Crippen molar-refractivity contribution < 1.29 is 4.43 Å². The number of hydrogen-bond acceptors (Lipinski definition) is 7. The second-order valence-corrected chi connectivity index (χ2v) is 17.7. The van der Waals surface area contributed by atoms with Crippen molar-refractivity contribution in [1.82, 2.24) is 14.9 Å². The molecule has 39 heavy (non-hydrogen) atoms. The first-order valence-electron chi connectivity index (χ1n) is 13.8. The van der Waals surface area contributed by atoms with Crippen LogP contribution in [0.4, 0.5) is 17.3 Å². The molecule has 1 aromatic heterocycles. The molecule has 1 atom stereocenters. The predicted molar refractivity (Wildman–Crippen MR) is 161 cm³/mol. The van der Waals surface area contributed by atoms with Crippen LogP contribution >= 0.6 is 0 Å². The lowest BCUT2D eigenvalue weighted by atomic mass is 9.83. The fourth-order valence-electron chi connectivity index (χ4n) is 5.09. The van der Waals surface area contributed by atoms with Crippen molar-refractivity contribution in [3.8, 4) is 17.3 Å². The summed E-state index contributed by atoms with van der Waals surface area (Å²) in [6.07, 6.45) is 2.82. The number of anilines is 3. The second kappa shape index (κ2) is 10.1. The van der Waals surface area contributed by atoms with Gasteiger partial charge in [0, 0.05) is 49.1 Å². The van der Waals surface area contributed by atoms with Gasteiger partial charge >= 0.3 is 0 Å². The molecule has 0 saturated heterocycles. The van der Waals surface area contributed by atoms with Gasteiger partial charge in [0.05, 0.1) is 16.9 Å². The van der Waals surface area contributed by atoms with Crippen LogP contribution in [0, 0.1) is 11.3 Å². The molecule has 3 heterocycles. The summed E-state index contributed by atoms with van der Waals surface area (Å²) in [5.41, 5.74) is 7.85. The van der Waals surface area contributed by atoms with Crippen molar-refractivity contribution in [3.05, 3.63) is 64.8 Å². The molecule has 0 aliphatic carbocycles. The van der Waals surface area contributed by atoms with E-state index in [9.17, 15) is 5.26 Å². The third-order valence-electron chi connectivity index (χ3n) is 8.74. The van der Waals surface area contributed by atoms with E-state index in [4.69, 9.17) is 9.41 Å². The summed E-state index contributed by atoms with van der Waals surface area (Å²) in [7, 11) is 0.236. The number of aromatic nitrogens is 2. The molecule has 2 N–H and O–H groups in total. The quantitative estimate of drug-likeness (QED) is 0.347. The minimum absolute atomic E-state index is 0.136. The zero-order valence-corrected chi connectivity index (χ0v) is 25.3. The van der Waals surface area contributed by atoms with E-state index >= 15 is 0 Å². The highest BCUT2D eigenvalue weighted by molar-refractivity contribution is 6.74. The van der Waals surface area contributed by atoms with Gasteiger partial charge < -0.3 is 20.0 Å². The van der Waals surface area contributed by atoms with Gasteiger partial charge in [0.25, 0.3) is 0 Å². The molecule has 204 valence electrons.